The molecule has 5 rings (SSSR count). The van der Waals surface area contributed by atoms with Gasteiger partial charge in [-0.05, 0) is 31.4 Å². The van der Waals surface area contributed by atoms with Gasteiger partial charge in [0.25, 0.3) is 5.91 Å². The minimum atomic E-state index is -0.0211. The van der Waals surface area contributed by atoms with Crippen LogP contribution in [0.15, 0.2) is 34.7 Å². The highest BCUT2D eigenvalue weighted by Crippen LogP contribution is 2.53. The molecular formula is C22H26N2O3. The van der Waals surface area contributed by atoms with Gasteiger partial charge in [-0.2, -0.15) is 0 Å². The lowest BCUT2D eigenvalue weighted by molar-refractivity contribution is -0.136. The van der Waals surface area contributed by atoms with E-state index in [4.69, 9.17) is 4.42 Å². The topological polar surface area (TPSA) is 53.8 Å². The third kappa shape index (κ3) is 2.36. The van der Waals surface area contributed by atoms with Gasteiger partial charge in [0.2, 0.25) is 5.91 Å². The van der Waals surface area contributed by atoms with Crippen molar-refractivity contribution in [2.45, 2.75) is 64.1 Å². The lowest BCUT2D eigenvalue weighted by Crippen LogP contribution is -2.55. The van der Waals surface area contributed by atoms with Gasteiger partial charge in [-0.15, -0.1) is 0 Å². The highest BCUT2D eigenvalue weighted by Gasteiger charge is 2.60. The average molecular weight is 366 g/mol. The number of carbonyl (C=O) groups is 2. The summed E-state index contributed by atoms with van der Waals surface area (Å²) in [4.78, 5) is 30.0. The number of hydrogen-bond acceptors (Lipinski definition) is 3. The maximum atomic E-state index is 13.5. The molecule has 3 heterocycles. The number of para-hydroxylation sites is 1. The second-order valence-electron chi connectivity index (χ2n) is 8.71. The Morgan fingerprint density at radius 1 is 1.15 bits per heavy atom. The molecule has 5 nitrogen and oxygen atoms in total. The molecule has 4 atom stereocenters. The van der Waals surface area contributed by atoms with Gasteiger partial charge in [0.05, 0.1) is 6.04 Å². The van der Waals surface area contributed by atoms with E-state index in [0.29, 0.717) is 12.3 Å². The molecule has 0 spiro atoms. The Balaban J connectivity index is 1.56. The zero-order valence-corrected chi connectivity index (χ0v) is 16.0. The van der Waals surface area contributed by atoms with Crippen LogP contribution in [-0.2, 0) is 4.79 Å². The van der Waals surface area contributed by atoms with Crippen LogP contribution >= 0.6 is 0 Å². The first-order chi connectivity index (χ1) is 13.0. The van der Waals surface area contributed by atoms with Crippen LogP contribution in [0.3, 0.4) is 0 Å². The van der Waals surface area contributed by atoms with E-state index < -0.39 is 0 Å². The summed E-state index contributed by atoms with van der Waals surface area (Å²) in [6.07, 6.45) is 5.28. The lowest BCUT2D eigenvalue weighted by Gasteiger charge is -2.46. The number of piperidine rings is 1. The van der Waals surface area contributed by atoms with Gasteiger partial charge in [0.15, 0.2) is 5.76 Å². The highest BCUT2D eigenvalue weighted by molar-refractivity contribution is 5.96. The van der Waals surface area contributed by atoms with Crippen molar-refractivity contribution < 1.29 is 14.0 Å². The number of benzene rings is 1. The van der Waals surface area contributed by atoms with E-state index in [2.05, 4.69) is 11.8 Å². The van der Waals surface area contributed by atoms with Crippen LogP contribution in [0.2, 0.25) is 0 Å². The predicted molar refractivity (Wildman–Crippen MR) is 102 cm³/mol. The smallest absolute Gasteiger partial charge is 0.290 e. The molecule has 1 saturated carbocycles. The van der Waals surface area contributed by atoms with Crippen LogP contribution < -0.4 is 0 Å². The molecular weight excluding hydrogens is 340 g/mol. The molecule has 2 aliphatic heterocycles. The van der Waals surface area contributed by atoms with E-state index in [0.717, 1.165) is 43.1 Å². The summed E-state index contributed by atoms with van der Waals surface area (Å²) in [6, 6.07) is 10.1. The Kier molecular flexibility index (Phi) is 3.65. The molecule has 0 unspecified atom stereocenters. The summed E-state index contributed by atoms with van der Waals surface area (Å²) >= 11 is 0. The van der Waals surface area contributed by atoms with Gasteiger partial charge in [-0.1, -0.05) is 38.0 Å². The van der Waals surface area contributed by atoms with Crippen LogP contribution in [0.1, 0.15) is 56.5 Å². The SMILES string of the molecule is CC(=O)N1C[C@@H]2C[C@@]3(C)[C@H](CCCC[C@@H]13)N2C(=O)c1cc2ccccc2o1. The van der Waals surface area contributed by atoms with Crippen LogP contribution in [-0.4, -0.2) is 46.3 Å². The molecule has 0 N–H and O–H groups in total. The minimum absolute atomic E-state index is 0.0176. The van der Waals surface area contributed by atoms with Crippen LogP contribution in [0, 0.1) is 5.41 Å². The van der Waals surface area contributed by atoms with Crippen molar-refractivity contribution in [1.29, 1.82) is 0 Å². The quantitative estimate of drug-likeness (QED) is 0.771. The Bertz CT molecular complexity index is 886. The molecule has 2 amide bonds. The van der Waals surface area contributed by atoms with Crippen LogP contribution in [0.5, 0.6) is 0 Å². The molecule has 1 aliphatic carbocycles. The summed E-state index contributed by atoms with van der Waals surface area (Å²) in [7, 11) is 0. The fourth-order valence-electron chi connectivity index (χ4n) is 6.03. The number of nitrogens with zero attached hydrogens (tertiary/aromatic N) is 2. The minimum Gasteiger partial charge on any atom is -0.451 e. The molecule has 3 fully saturated rings. The molecule has 27 heavy (non-hydrogen) atoms. The summed E-state index contributed by atoms with van der Waals surface area (Å²) in [5, 5.41) is 0.957. The van der Waals surface area contributed by atoms with Crippen molar-refractivity contribution in [2.24, 2.45) is 5.41 Å². The number of hydrogen-bond donors (Lipinski definition) is 0. The molecule has 5 heteroatoms. The molecule has 1 aromatic carbocycles. The van der Waals surface area contributed by atoms with E-state index >= 15 is 0 Å². The number of likely N-dealkylation sites (tertiary alicyclic amines) is 2. The molecule has 1 aromatic heterocycles. The predicted octanol–water partition coefficient (Wildman–Crippen LogP) is 3.83. The van der Waals surface area contributed by atoms with E-state index in [1.54, 1.807) is 6.92 Å². The number of carbonyl (C=O) groups excluding carboxylic acids is 2. The monoisotopic (exact) mass is 366 g/mol. The van der Waals surface area contributed by atoms with Gasteiger partial charge in [-0.25, -0.2) is 0 Å². The van der Waals surface area contributed by atoms with Crippen molar-refractivity contribution >= 4 is 22.8 Å². The van der Waals surface area contributed by atoms with Crippen molar-refractivity contribution in [3.8, 4) is 0 Å². The van der Waals surface area contributed by atoms with Crippen LogP contribution in [0.25, 0.3) is 11.0 Å². The molecule has 0 radical (unpaired) electrons. The average Bonchev–Trinajstić information content (AvgIpc) is 3.12. The Hall–Kier alpha value is -2.30. The molecule has 2 aromatic rings. The summed E-state index contributed by atoms with van der Waals surface area (Å²) < 4.78 is 5.90. The van der Waals surface area contributed by atoms with Crippen molar-refractivity contribution in [1.82, 2.24) is 9.80 Å². The van der Waals surface area contributed by atoms with Crippen molar-refractivity contribution in [2.75, 3.05) is 6.54 Å². The lowest BCUT2D eigenvalue weighted by atomic mass is 9.71. The zero-order valence-electron chi connectivity index (χ0n) is 16.0. The molecule has 3 aliphatic rings. The van der Waals surface area contributed by atoms with Gasteiger partial charge in [0, 0.05) is 36.4 Å². The van der Waals surface area contributed by atoms with Gasteiger partial charge >= 0.3 is 0 Å². The first-order valence-corrected chi connectivity index (χ1v) is 10.1. The molecule has 142 valence electrons. The van der Waals surface area contributed by atoms with Crippen molar-refractivity contribution in [3.05, 3.63) is 36.1 Å². The van der Waals surface area contributed by atoms with E-state index in [1.807, 2.05) is 35.2 Å². The summed E-state index contributed by atoms with van der Waals surface area (Å²) in [6.45, 7) is 4.61. The number of rotatable bonds is 1. The third-order valence-electron chi connectivity index (χ3n) is 7.19. The largest absolute Gasteiger partial charge is 0.451 e. The summed E-state index contributed by atoms with van der Waals surface area (Å²) in [5.41, 5.74) is 0.727. The second kappa shape index (κ2) is 5.85. The van der Waals surface area contributed by atoms with E-state index in [1.165, 1.54) is 0 Å². The highest BCUT2D eigenvalue weighted by atomic mass is 16.3. The maximum Gasteiger partial charge on any atom is 0.290 e. The zero-order chi connectivity index (χ0) is 18.8. The van der Waals surface area contributed by atoms with E-state index in [-0.39, 0.29) is 35.4 Å². The molecule has 2 bridgehead atoms. The third-order valence-corrected chi connectivity index (χ3v) is 7.19. The Labute approximate surface area is 159 Å². The fraction of sp³-hybridized carbons (Fsp3) is 0.545. The first kappa shape index (κ1) is 16.8. The van der Waals surface area contributed by atoms with Gasteiger partial charge < -0.3 is 14.2 Å². The van der Waals surface area contributed by atoms with E-state index in [9.17, 15) is 9.59 Å². The maximum absolute atomic E-state index is 13.5. The van der Waals surface area contributed by atoms with Gasteiger partial charge in [0.1, 0.15) is 5.58 Å². The van der Waals surface area contributed by atoms with Crippen LogP contribution in [0.4, 0.5) is 0 Å². The van der Waals surface area contributed by atoms with Crippen molar-refractivity contribution in [3.63, 3.8) is 0 Å². The fourth-order valence-corrected chi connectivity index (χ4v) is 6.03. The number of furan rings is 1. The number of amides is 2. The first-order valence-electron chi connectivity index (χ1n) is 10.1. The summed E-state index contributed by atoms with van der Waals surface area (Å²) in [5.74, 6) is 0.535. The second-order valence-corrected chi connectivity index (χ2v) is 8.71. The molecule has 2 saturated heterocycles. The Morgan fingerprint density at radius 2 is 1.89 bits per heavy atom. The van der Waals surface area contributed by atoms with Gasteiger partial charge in [-0.3, -0.25) is 9.59 Å². The standard InChI is InChI=1S/C22H26N2O3/c1-14(25)23-13-16-12-22(2)19(23)9-5-6-10-20(22)24(16)21(26)18-11-15-7-3-4-8-17(15)27-18/h3-4,7-8,11,16,19-20H,5-6,9-10,12-13H2,1-2H3/t16-,19+,20-,22+/m0/s1. The Morgan fingerprint density at radius 3 is 2.63 bits per heavy atom. The number of fused-ring (bicyclic) bond motifs is 2. The normalized spacial score (nSPS) is 32.6.